The molecule has 0 atom stereocenters. The second kappa shape index (κ2) is 14.7. The van der Waals surface area contributed by atoms with Crippen molar-refractivity contribution < 1.29 is 0 Å². The fourth-order valence-electron chi connectivity index (χ4n) is 10.7. The van der Waals surface area contributed by atoms with Gasteiger partial charge in [0.25, 0.3) is 0 Å². The van der Waals surface area contributed by atoms with Gasteiger partial charge in [0.15, 0.2) is 8.07 Å². The summed E-state index contributed by atoms with van der Waals surface area (Å²) in [6.45, 7) is 0. The Morgan fingerprint density at radius 3 is 1.42 bits per heavy atom. The van der Waals surface area contributed by atoms with Gasteiger partial charge in [-0.15, -0.1) is 11.3 Å². The van der Waals surface area contributed by atoms with Crippen LogP contribution in [0.5, 0.6) is 0 Å². The highest BCUT2D eigenvalue weighted by molar-refractivity contribution is 7.26. The molecule has 0 saturated heterocycles. The van der Waals surface area contributed by atoms with Crippen LogP contribution < -0.4 is 20.7 Å². The minimum absolute atomic E-state index is 1.16. The van der Waals surface area contributed by atoms with Crippen LogP contribution in [-0.2, 0) is 0 Å². The number of benzene rings is 10. The quantitative estimate of drug-likeness (QED) is 0.112. The smallest absolute Gasteiger partial charge is 0.179 e. The van der Waals surface area contributed by atoms with E-state index in [2.05, 4.69) is 252 Å². The van der Waals surface area contributed by atoms with Crippen molar-refractivity contribution in [1.82, 2.24) is 9.13 Å². The van der Waals surface area contributed by atoms with Gasteiger partial charge in [0.05, 0.1) is 22.1 Å². The standard InChI is InChI=1S/C60H40N2SSi/c1-4-17-41(18-5-1)42-31-36-59-54(37-42)52-34-33-48(40-60(52)63-59)64(45-20-6-2-7-21-45,46-22-8-3-9-23-46)47-24-16-19-43(38-47)61-57-30-15-12-27-51(57)53-39-44(32-35-58(53)61)62-55-28-13-10-25-49(55)50-26-11-14-29-56(50)62/h1-40H. The molecule has 0 spiro atoms. The summed E-state index contributed by atoms with van der Waals surface area (Å²) in [5.74, 6) is 0. The van der Waals surface area contributed by atoms with Crippen LogP contribution in [0.15, 0.2) is 243 Å². The number of aromatic nitrogens is 2. The normalized spacial score (nSPS) is 12.1. The summed E-state index contributed by atoms with van der Waals surface area (Å²) in [6, 6.07) is 90.6. The summed E-state index contributed by atoms with van der Waals surface area (Å²) in [5, 5.41) is 13.1. The zero-order chi connectivity index (χ0) is 42.2. The predicted molar refractivity (Wildman–Crippen MR) is 277 cm³/mol. The number of fused-ring (bicyclic) bond motifs is 9. The summed E-state index contributed by atoms with van der Waals surface area (Å²) in [4.78, 5) is 0. The Balaban J connectivity index is 1.03. The maximum Gasteiger partial charge on any atom is 0.179 e. The number of hydrogen-bond acceptors (Lipinski definition) is 1. The van der Waals surface area contributed by atoms with Crippen molar-refractivity contribution in [1.29, 1.82) is 0 Å². The molecule has 13 rings (SSSR count). The van der Waals surface area contributed by atoms with Gasteiger partial charge >= 0.3 is 0 Å². The molecule has 0 N–H and O–H groups in total. The number of nitrogens with zero attached hydrogens (tertiary/aromatic N) is 2. The van der Waals surface area contributed by atoms with E-state index >= 15 is 0 Å². The Labute approximate surface area is 376 Å². The molecule has 3 heterocycles. The van der Waals surface area contributed by atoms with E-state index < -0.39 is 8.07 Å². The van der Waals surface area contributed by atoms with Crippen molar-refractivity contribution >= 4 is 104 Å². The Kier molecular flexibility index (Phi) is 8.45. The Hall–Kier alpha value is -7.76. The van der Waals surface area contributed by atoms with Crippen molar-refractivity contribution in [3.8, 4) is 22.5 Å². The fourth-order valence-corrected chi connectivity index (χ4v) is 16.7. The lowest BCUT2D eigenvalue weighted by Gasteiger charge is -2.34. The van der Waals surface area contributed by atoms with Gasteiger partial charge in [-0.1, -0.05) is 176 Å². The van der Waals surface area contributed by atoms with Crippen LogP contribution in [0.25, 0.3) is 86.3 Å². The zero-order valence-electron chi connectivity index (χ0n) is 34.9. The summed E-state index contributed by atoms with van der Waals surface area (Å²) in [6.07, 6.45) is 0. The van der Waals surface area contributed by atoms with Crippen molar-refractivity contribution in [2.45, 2.75) is 0 Å². The molecule has 0 bridgehead atoms. The third kappa shape index (κ3) is 5.56. The lowest BCUT2D eigenvalue weighted by Crippen LogP contribution is -2.74. The molecule has 2 nitrogen and oxygen atoms in total. The van der Waals surface area contributed by atoms with Crippen LogP contribution in [0, 0.1) is 0 Å². The van der Waals surface area contributed by atoms with Crippen LogP contribution in [0.1, 0.15) is 0 Å². The SMILES string of the molecule is c1ccc(-c2ccc3sc4cc([Si](c5ccccc5)(c5ccccc5)c5cccc(-n6c7ccccc7c7cc(-n8c9ccccc9c9ccccc98)ccc76)c5)ccc4c3c2)cc1. The molecule has 0 aliphatic rings. The minimum Gasteiger partial charge on any atom is -0.309 e. The highest BCUT2D eigenvalue weighted by Gasteiger charge is 2.42. The van der Waals surface area contributed by atoms with Crippen molar-refractivity contribution in [3.63, 3.8) is 0 Å². The zero-order valence-corrected chi connectivity index (χ0v) is 36.7. The van der Waals surface area contributed by atoms with Gasteiger partial charge in [0, 0.05) is 53.1 Å². The molecule has 10 aromatic carbocycles. The Bertz CT molecular complexity index is 3810. The molecule has 300 valence electrons. The lowest BCUT2D eigenvalue weighted by molar-refractivity contribution is 1.17. The van der Waals surface area contributed by atoms with Crippen molar-refractivity contribution in [2.75, 3.05) is 0 Å². The van der Waals surface area contributed by atoms with Gasteiger partial charge in [-0.3, -0.25) is 0 Å². The summed E-state index contributed by atoms with van der Waals surface area (Å²) in [5.41, 5.74) is 9.63. The molecule has 0 radical (unpaired) electrons. The van der Waals surface area contributed by atoms with Gasteiger partial charge in [-0.2, -0.15) is 0 Å². The molecule has 0 aliphatic heterocycles. The first-order valence-corrected chi connectivity index (χ1v) is 24.8. The molecule has 4 heteroatoms. The van der Waals surface area contributed by atoms with Crippen LogP contribution >= 0.6 is 11.3 Å². The van der Waals surface area contributed by atoms with Crippen LogP contribution in [0.4, 0.5) is 0 Å². The van der Waals surface area contributed by atoms with Crippen molar-refractivity contribution in [3.05, 3.63) is 243 Å². The summed E-state index contributed by atoms with van der Waals surface area (Å²) >= 11 is 1.90. The molecule has 0 aliphatic carbocycles. The summed E-state index contributed by atoms with van der Waals surface area (Å²) < 4.78 is 7.54. The number of hydrogen-bond donors (Lipinski definition) is 0. The number of para-hydroxylation sites is 3. The first kappa shape index (κ1) is 36.9. The minimum atomic E-state index is -2.92. The van der Waals surface area contributed by atoms with Gasteiger partial charge in [-0.25, -0.2) is 0 Å². The van der Waals surface area contributed by atoms with E-state index in [0.29, 0.717) is 0 Å². The average molecular weight is 849 g/mol. The molecule has 64 heavy (non-hydrogen) atoms. The molecular formula is C60H40N2SSi. The van der Waals surface area contributed by atoms with Gasteiger partial charge in [-0.05, 0) is 98.6 Å². The van der Waals surface area contributed by atoms with Gasteiger partial charge < -0.3 is 9.13 Å². The topological polar surface area (TPSA) is 9.86 Å². The first-order chi connectivity index (χ1) is 31.7. The lowest BCUT2D eigenvalue weighted by atomic mass is 10.0. The third-order valence-corrected chi connectivity index (χ3v) is 19.3. The monoisotopic (exact) mass is 848 g/mol. The van der Waals surface area contributed by atoms with E-state index in [1.165, 1.54) is 95.7 Å². The predicted octanol–water partition coefficient (Wildman–Crippen LogP) is 13.3. The van der Waals surface area contributed by atoms with Gasteiger partial charge in [0.1, 0.15) is 0 Å². The third-order valence-electron chi connectivity index (χ3n) is 13.5. The van der Waals surface area contributed by atoms with E-state index in [0.717, 1.165) is 11.4 Å². The molecule has 3 aromatic heterocycles. The van der Waals surface area contributed by atoms with E-state index in [-0.39, 0.29) is 0 Å². The maximum absolute atomic E-state index is 2.92. The van der Waals surface area contributed by atoms with Gasteiger partial charge in [0.2, 0.25) is 0 Å². The second-order valence-electron chi connectivity index (χ2n) is 16.8. The molecule has 0 unspecified atom stereocenters. The second-order valence-corrected chi connectivity index (χ2v) is 21.7. The fraction of sp³-hybridized carbons (Fsp3) is 0. The summed E-state index contributed by atoms with van der Waals surface area (Å²) in [7, 11) is -2.92. The number of thiophene rings is 1. The van der Waals surface area contributed by atoms with Crippen LogP contribution in [-0.4, -0.2) is 17.2 Å². The first-order valence-electron chi connectivity index (χ1n) is 22.0. The maximum atomic E-state index is 2.53. The largest absolute Gasteiger partial charge is 0.309 e. The van der Waals surface area contributed by atoms with Crippen LogP contribution in [0.2, 0.25) is 0 Å². The molecular weight excluding hydrogens is 809 g/mol. The average Bonchev–Trinajstić information content (AvgIpc) is 4.02. The highest BCUT2D eigenvalue weighted by Crippen LogP contribution is 2.38. The molecule has 0 saturated carbocycles. The van der Waals surface area contributed by atoms with E-state index in [1.54, 1.807) is 0 Å². The van der Waals surface area contributed by atoms with Crippen molar-refractivity contribution in [2.24, 2.45) is 0 Å². The Morgan fingerprint density at radius 1 is 0.266 bits per heavy atom. The van der Waals surface area contributed by atoms with Crippen LogP contribution in [0.3, 0.4) is 0 Å². The van der Waals surface area contributed by atoms with E-state index in [9.17, 15) is 0 Å². The Morgan fingerprint density at radius 2 is 0.781 bits per heavy atom. The van der Waals surface area contributed by atoms with E-state index in [1.807, 2.05) is 11.3 Å². The van der Waals surface area contributed by atoms with E-state index in [4.69, 9.17) is 0 Å². The molecule has 0 amide bonds. The molecule has 13 aromatic rings. The number of rotatable bonds is 7. The molecule has 0 fully saturated rings. The highest BCUT2D eigenvalue weighted by atomic mass is 32.1.